The molecule has 0 spiro atoms. The average Bonchev–Trinajstić information content (AvgIpc) is 2.97. The highest BCUT2D eigenvalue weighted by Crippen LogP contribution is 2.31. The Kier molecular flexibility index (Phi) is 5.41. The number of aryl methyl sites for hydroxylation is 1. The Bertz CT molecular complexity index is 984. The van der Waals surface area contributed by atoms with E-state index in [2.05, 4.69) is 31.5 Å². The second-order valence-electron chi connectivity index (χ2n) is 5.92. The van der Waals surface area contributed by atoms with Crippen LogP contribution in [0.1, 0.15) is 11.4 Å². The van der Waals surface area contributed by atoms with Crippen molar-refractivity contribution in [1.82, 2.24) is 14.9 Å². The van der Waals surface area contributed by atoms with Crippen LogP contribution in [-0.2, 0) is 12.7 Å². The number of nitrogens with one attached hydrogen (secondary N) is 2. The first-order chi connectivity index (χ1) is 12.8. The fourth-order valence-electron chi connectivity index (χ4n) is 2.70. The Balaban J connectivity index is 1.68. The summed E-state index contributed by atoms with van der Waals surface area (Å²) in [5, 5.41) is 5.22. The molecule has 5 nitrogen and oxygen atoms in total. The van der Waals surface area contributed by atoms with Crippen molar-refractivity contribution >= 4 is 38.7 Å². The van der Waals surface area contributed by atoms with Crippen molar-refractivity contribution in [3.05, 3.63) is 58.3 Å². The van der Waals surface area contributed by atoms with Crippen molar-refractivity contribution in [2.24, 2.45) is 0 Å². The molecule has 2 amide bonds. The van der Waals surface area contributed by atoms with Gasteiger partial charge in [-0.2, -0.15) is 13.2 Å². The summed E-state index contributed by atoms with van der Waals surface area (Å²) in [7, 11) is 0. The topological polar surface area (TPSA) is 59.0 Å². The van der Waals surface area contributed by atoms with Crippen molar-refractivity contribution in [1.29, 1.82) is 0 Å². The first kappa shape index (κ1) is 19.2. The van der Waals surface area contributed by atoms with E-state index in [9.17, 15) is 18.0 Å². The number of imidazole rings is 1. The molecule has 0 saturated carbocycles. The Morgan fingerprint density at radius 2 is 1.96 bits per heavy atom. The Morgan fingerprint density at radius 1 is 1.22 bits per heavy atom. The molecular weight excluding hydrogens is 425 g/mol. The van der Waals surface area contributed by atoms with E-state index < -0.39 is 18.0 Å². The summed E-state index contributed by atoms with van der Waals surface area (Å²) < 4.78 is 41.7. The molecule has 9 heteroatoms. The maximum atomic E-state index is 13.2. The van der Waals surface area contributed by atoms with Crippen LogP contribution in [0, 0.1) is 6.92 Å². The monoisotopic (exact) mass is 440 g/mol. The van der Waals surface area contributed by atoms with Crippen LogP contribution in [-0.4, -0.2) is 22.1 Å². The summed E-state index contributed by atoms with van der Waals surface area (Å²) in [6.07, 6.45) is -4.57. The number of hydrogen-bond donors (Lipinski definition) is 2. The van der Waals surface area contributed by atoms with Crippen molar-refractivity contribution in [2.45, 2.75) is 19.6 Å². The van der Waals surface area contributed by atoms with Gasteiger partial charge in [-0.25, -0.2) is 9.78 Å². The van der Waals surface area contributed by atoms with E-state index in [0.29, 0.717) is 11.2 Å². The number of halogens is 4. The molecule has 2 aromatic carbocycles. The van der Waals surface area contributed by atoms with Gasteiger partial charge in [0.1, 0.15) is 0 Å². The highest BCUT2D eigenvalue weighted by Gasteiger charge is 2.37. The first-order valence-corrected chi connectivity index (χ1v) is 8.88. The van der Waals surface area contributed by atoms with E-state index >= 15 is 0 Å². The summed E-state index contributed by atoms with van der Waals surface area (Å²) in [6.45, 7) is 1.85. The quantitative estimate of drug-likeness (QED) is 0.602. The Hall–Kier alpha value is -2.55. The van der Waals surface area contributed by atoms with Crippen LogP contribution < -0.4 is 10.6 Å². The molecule has 0 atom stereocenters. The summed E-state index contributed by atoms with van der Waals surface area (Å²) in [5.74, 6) is -0.977. The molecule has 3 aromatic rings. The zero-order chi connectivity index (χ0) is 19.6. The van der Waals surface area contributed by atoms with E-state index in [-0.39, 0.29) is 18.6 Å². The predicted octanol–water partition coefficient (Wildman–Crippen LogP) is 4.95. The number of aromatic nitrogens is 2. The lowest BCUT2D eigenvalue weighted by molar-refractivity contribution is -0.146. The number of carbonyl (C=O) groups excluding carboxylic acids is 1. The van der Waals surface area contributed by atoms with Crippen LogP contribution in [0.5, 0.6) is 0 Å². The van der Waals surface area contributed by atoms with Crippen LogP contribution >= 0.6 is 15.9 Å². The number of nitrogens with zero attached hydrogens (tertiary/aromatic N) is 2. The minimum atomic E-state index is -4.57. The van der Waals surface area contributed by atoms with Gasteiger partial charge in [0.05, 0.1) is 11.0 Å². The van der Waals surface area contributed by atoms with E-state index in [1.165, 1.54) is 6.07 Å². The lowest BCUT2D eigenvalue weighted by Gasteiger charge is -2.13. The predicted molar refractivity (Wildman–Crippen MR) is 101 cm³/mol. The molecule has 142 valence electrons. The molecule has 27 heavy (non-hydrogen) atoms. The second kappa shape index (κ2) is 7.59. The van der Waals surface area contributed by atoms with E-state index in [1.807, 2.05) is 6.92 Å². The third-order valence-electron chi connectivity index (χ3n) is 3.94. The first-order valence-electron chi connectivity index (χ1n) is 8.09. The van der Waals surface area contributed by atoms with Crippen LogP contribution in [0.15, 0.2) is 46.9 Å². The zero-order valence-electron chi connectivity index (χ0n) is 14.3. The van der Waals surface area contributed by atoms with E-state index in [1.54, 1.807) is 36.4 Å². The Morgan fingerprint density at radius 3 is 2.67 bits per heavy atom. The number of carbonyl (C=O) groups is 1. The smallest absolute Gasteiger partial charge is 0.336 e. The SMILES string of the molecule is Cc1cc(NC(=O)NCCn2c(C(F)(F)F)nc3ccccc32)ccc1Br. The number of para-hydroxylation sites is 2. The third-order valence-corrected chi connectivity index (χ3v) is 4.83. The number of fused-ring (bicyclic) bond motifs is 1. The van der Waals surface area contributed by atoms with Crippen molar-refractivity contribution in [3.8, 4) is 0 Å². The van der Waals surface area contributed by atoms with Crippen LogP contribution in [0.25, 0.3) is 11.0 Å². The number of alkyl halides is 3. The van der Waals surface area contributed by atoms with Crippen molar-refractivity contribution < 1.29 is 18.0 Å². The largest absolute Gasteiger partial charge is 0.449 e. The van der Waals surface area contributed by atoms with Gasteiger partial charge >= 0.3 is 12.2 Å². The van der Waals surface area contributed by atoms with Crippen LogP contribution in [0.3, 0.4) is 0 Å². The maximum Gasteiger partial charge on any atom is 0.449 e. The van der Waals surface area contributed by atoms with Gasteiger partial charge < -0.3 is 15.2 Å². The lowest BCUT2D eigenvalue weighted by Crippen LogP contribution is -2.32. The maximum absolute atomic E-state index is 13.2. The molecule has 1 heterocycles. The van der Waals surface area contributed by atoms with Crippen LogP contribution in [0.2, 0.25) is 0 Å². The lowest BCUT2D eigenvalue weighted by atomic mass is 10.2. The van der Waals surface area contributed by atoms with Crippen molar-refractivity contribution in [2.75, 3.05) is 11.9 Å². The number of rotatable bonds is 4. The van der Waals surface area contributed by atoms with Gasteiger partial charge in [0, 0.05) is 23.2 Å². The molecular formula is C18H16BrF3N4O. The van der Waals surface area contributed by atoms with Crippen LogP contribution in [0.4, 0.5) is 23.7 Å². The summed E-state index contributed by atoms with van der Waals surface area (Å²) in [6, 6.07) is 11.2. The van der Waals surface area contributed by atoms with Gasteiger partial charge in [-0.3, -0.25) is 0 Å². The normalized spacial score (nSPS) is 11.6. The highest BCUT2D eigenvalue weighted by atomic mass is 79.9. The minimum absolute atomic E-state index is 0.0186. The molecule has 0 bridgehead atoms. The average molecular weight is 441 g/mol. The number of anilines is 1. The minimum Gasteiger partial charge on any atom is -0.336 e. The number of benzene rings is 2. The summed E-state index contributed by atoms with van der Waals surface area (Å²) in [5.41, 5.74) is 2.18. The molecule has 0 aliphatic rings. The molecule has 3 rings (SSSR count). The standard InChI is InChI=1S/C18H16BrF3N4O/c1-11-10-12(6-7-13(11)19)24-17(27)23-8-9-26-15-5-3-2-4-14(15)25-16(26)18(20,21)22/h2-7,10H,8-9H2,1H3,(H2,23,24,27). The van der Waals surface area contributed by atoms with Gasteiger partial charge in [-0.05, 0) is 42.8 Å². The fourth-order valence-corrected chi connectivity index (χ4v) is 2.94. The van der Waals surface area contributed by atoms with Gasteiger partial charge in [-0.1, -0.05) is 28.1 Å². The number of hydrogen-bond acceptors (Lipinski definition) is 2. The van der Waals surface area contributed by atoms with Crippen molar-refractivity contribution in [3.63, 3.8) is 0 Å². The molecule has 0 saturated heterocycles. The van der Waals surface area contributed by atoms with Gasteiger partial charge in [-0.15, -0.1) is 0 Å². The molecule has 2 N–H and O–H groups in total. The van der Waals surface area contributed by atoms with Gasteiger partial charge in [0.2, 0.25) is 5.82 Å². The third kappa shape index (κ3) is 4.41. The molecule has 0 radical (unpaired) electrons. The molecule has 0 fully saturated rings. The Labute approximate surface area is 161 Å². The fraction of sp³-hybridized carbons (Fsp3) is 0.222. The van der Waals surface area contributed by atoms with Gasteiger partial charge in [0.25, 0.3) is 0 Å². The molecule has 0 aliphatic heterocycles. The molecule has 0 unspecified atom stereocenters. The molecule has 0 aliphatic carbocycles. The van der Waals surface area contributed by atoms with E-state index in [4.69, 9.17) is 0 Å². The zero-order valence-corrected chi connectivity index (χ0v) is 15.9. The van der Waals surface area contributed by atoms with E-state index in [0.717, 1.165) is 14.6 Å². The molecule has 1 aromatic heterocycles. The summed E-state index contributed by atoms with van der Waals surface area (Å²) in [4.78, 5) is 15.7. The second-order valence-corrected chi connectivity index (χ2v) is 6.77. The number of amides is 2. The summed E-state index contributed by atoms with van der Waals surface area (Å²) >= 11 is 3.37. The number of urea groups is 1. The van der Waals surface area contributed by atoms with Gasteiger partial charge in [0.15, 0.2) is 0 Å². The highest BCUT2D eigenvalue weighted by molar-refractivity contribution is 9.10.